The van der Waals surface area contributed by atoms with Gasteiger partial charge in [0.15, 0.2) is 0 Å². The van der Waals surface area contributed by atoms with E-state index in [9.17, 15) is 0 Å². The van der Waals surface area contributed by atoms with Gasteiger partial charge < -0.3 is 0 Å². The normalized spacial score (nSPS) is 12.5. The summed E-state index contributed by atoms with van der Waals surface area (Å²) >= 11 is 0. The van der Waals surface area contributed by atoms with E-state index in [0.29, 0.717) is 5.92 Å². The van der Waals surface area contributed by atoms with Crippen LogP contribution < -0.4 is 0 Å². The molecule has 0 atom stereocenters. The number of rotatable bonds is 3. The largest absolute Gasteiger partial charge is 0.193 e. The van der Waals surface area contributed by atoms with Crippen LogP contribution >= 0.6 is 0 Å². The highest BCUT2D eigenvalue weighted by atomic mass is 14.2. The van der Waals surface area contributed by atoms with E-state index in [2.05, 4.69) is 13.0 Å². The van der Waals surface area contributed by atoms with Crippen LogP contribution in [0.15, 0.2) is 23.8 Å². The first kappa shape index (κ1) is 9.97. The molecule has 0 aliphatic carbocycles. The molecule has 11 heavy (non-hydrogen) atoms. The van der Waals surface area contributed by atoms with Crippen molar-refractivity contribution >= 4 is 0 Å². The molecule has 0 aliphatic heterocycles. The summed E-state index contributed by atoms with van der Waals surface area (Å²) in [4.78, 5) is 0. The Hall–Kier alpha value is -1.03. The molecule has 0 aromatic rings. The van der Waals surface area contributed by atoms with Gasteiger partial charge in [0.1, 0.15) is 0 Å². The van der Waals surface area contributed by atoms with Gasteiger partial charge in [-0.05, 0) is 18.4 Å². The van der Waals surface area contributed by atoms with Gasteiger partial charge in [-0.1, -0.05) is 32.9 Å². The van der Waals surface area contributed by atoms with E-state index in [-0.39, 0.29) is 0 Å². The van der Waals surface area contributed by atoms with Crippen molar-refractivity contribution in [3.8, 4) is 6.07 Å². The Kier molecular flexibility index (Phi) is 5.20. The van der Waals surface area contributed by atoms with Gasteiger partial charge in [-0.2, -0.15) is 5.26 Å². The third kappa shape index (κ3) is 4.38. The quantitative estimate of drug-likeness (QED) is 0.447. The maximum atomic E-state index is 8.64. The molecule has 0 saturated carbocycles. The number of hydrogen-bond acceptors (Lipinski definition) is 1. The molecular weight excluding hydrogens is 134 g/mol. The highest BCUT2D eigenvalue weighted by Gasteiger charge is 1.97. The zero-order chi connectivity index (χ0) is 8.69. The number of nitriles is 1. The maximum Gasteiger partial charge on any atom is 0.0949 e. The lowest BCUT2D eigenvalue weighted by Gasteiger charge is -1.98. The average Bonchev–Trinajstić information content (AvgIpc) is 1.97. The van der Waals surface area contributed by atoms with Gasteiger partial charge in [-0.3, -0.25) is 0 Å². The van der Waals surface area contributed by atoms with Crippen LogP contribution in [0.1, 0.15) is 27.2 Å². The number of hydrogen-bond donors (Lipinski definition) is 0. The van der Waals surface area contributed by atoms with Gasteiger partial charge in [0.2, 0.25) is 0 Å². The Morgan fingerprint density at radius 3 is 2.55 bits per heavy atom. The first-order valence-electron chi connectivity index (χ1n) is 3.99. The SMILES string of the molecule is CC/C=C\C=C(\C#N)C(C)C. The van der Waals surface area contributed by atoms with Crippen molar-refractivity contribution in [1.82, 2.24) is 0 Å². The summed E-state index contributed by atoms with van der Waals surface area (Å²) in [5, 5.41) is 8.64. The van der Waals surface area contributed by atoms with Gasteiger partial charge in [0, 0.05) is 5.57 Å². The molecule has 0 aromatic heterocycles. The first-order valence-corrected chi connectivity index (χ1v) is 3.99. The number of nitrogens with zero attached hydrogens (tertiary/aromatic N) is 1. The molecule has 0 aromatic carbocycles. The summed E-state index contributed by atoms with van der Waals surface area (Å²) in [5.74, 6) is 0.335. The van der Waals surface area contributed by atoms with Crippen molar-refractivity contribution in [2.24, 2.45) is 5.92 Å². The Labute approximate surface area is 69.0 Å². The molecule has 0 heterocycles. The molecule has 0 N–H and O–H groups in total. The van der Waals surface area contributed by atoms with Crippen LogP contribution in [0.5, 0.6) is 0 Å². The van der Waals surface area contributed by atoms with Crippen LogP contribution in [-0.2, 0) is 0 Å². The van der Waals surface area contributed by atoms with Gasteiger partial charge in [-0.15, -0.1) is 0 Å². The highest BCUT2D eigenvalue weighted by Crippen LogP contribution is 2.07. The lowest BCUT2D eigenvalue weighted by Crippen LogP contribution is -1.88. The van der Waals surface area contributed by atoms with Crippen molar-refractivity contribution < 1.29 is 0 Å². The summed E-state index contributed by atoms with van der Waals surface area (Å²) in [6.45, 7) is 6.12. The second-order valence-corrected chi connectivity index (χ2v) is 2.72. The fourth-order valence-corrected chi connectivity index (χ4v) is 0.667. The second-order valence-electron chi connectivity index (χ2n) is 2.72. The van der Waals surface area contributed by atoms with E-state index in [1.165, 1.54) is 0 Å². The summed E-state index contributed by atoms with van der Waals surface area (Å²) in [6, 6.07) is 2.17. The minimum atomic E-state index is 0.335. The van der Waals surface area contributed by atoms with Crippen molar-refractivity contribution in [3.63, 3.8) is 0 Å². The lowest BCUT2D eigenvalue weighted by atomic mass is 10.0. The summed E-state index contributed by atoms with van der Waals surface area (Å²) in [5.41, 5.74) is 0.842. The molecule has 0 spiro atoms. The Morgan fingerprint density at radius 2 is 2.18 bits per heavy atom. The molecule has 60 valence electrons. The summed E-state index contributed by atoms with van der Waals surface area (Å²) in [6.07, 6.45) is 6.89. The van der Waals surface area contributed by atoms with Gasteiger partial charge >= 0.3 is 0 Å². The van der Waals surface area contributed by atoms with E-state index in [4.69, 9.17) is 5.26 Å². The summed E-state index contributed by atoms with van der Waals surface area (Å²) < 4.78 is 0. The van der Waals surface area contributed by atoms with Crippen molar-refractivity contribution in [2.45, 2.75) is 27.2 Å². The molecule has 0 rings (SSSR count). The monoisotopic (exact) mass is 149 g/mol. The minimum absolute atomic E-state index is 0.335. The summed E-state index contributed by atoms with van der Waals surface area (Å²) in [7, 11) is 0. The molecule has 1 heteroatoms. The van der Waals surface area contributed by atoms with E-state index < -0.39 is 0 Å². The standard InChI is InChI=1S/C10H15N/c1-4-5-6-7-10(8-11)9(2)3/h5-7,9H,4H2,1-3H3/b6-5-,10-7-. The fraction of sp³-hybridized carbons (Fsp3) is 0.500. The fourth-order valence-electron chi connectivity index (χ4n) is 0.667. The Balaban J connectivity index is 4.16. The molecule has 0 unspecified atom stereocenters. The molecule has 0 bridgehead atoms. The molecule has 0 aliphatic rings. The molecule has 1 nitrogen and oxygen atoms in total. The second kappa shape index (κ2) is 5.73. The van der Waals surface area contributed by atoms with Crippen molar-refractivity contribution in [1.29, 1.82) is 5.26 Å². The number of allylic oxidation sites excluding steroid dienone is 4. The Bertz CT molecular complexity index is 191. The van der Waals surface area contributed by atoms with Crippen molar-refractivity contribution in [3.05, 3.63) is 23.8 Å². The van der Waals surface area contributed by atoms with E-state index in [0.717, 1.165) is 12.0 Å². The van der Waals surface area contributed by atoms with E-state index in [1.807, 2.05) is 32.1 Å². The molecule has 0 fully saturated rings. The molecule has 0 saturated heterocycles. The lowest BCUT2D eigenvalue weighted by molar-refractivity contribution is 0.795. The zero-order valence-electron chi connectivity index (χ0n) is 7.46. The van der Waals surface area contributed by atoms with E-state index in [1.54, 1.807) is 0 Å². The first-order chi connectivity index (χ1) is 5.22. The molecule has 0 radical (unpaired) electrons. The van der Waals surface area contributed by atoms with Gasteiger partial charge in [0.25, 0.3) is 0 Å². The van der Waals surface area contributed by atoms with Crippen LogP contribution in [0.2, 0.25) is 0 Å². The van der Waals surface area contributed by atoms with Crippen LogP contribution in [0.3, 0.4) is 0 Å². The maximum absolute atomic E-state index is 8.64. The predicted octanol–water partition coefficient (Wildman–Crippen LogP) is 3.06. The molecule has 0 amide bonds. The Morgan fingerprint density at radius 1 is 1.55 bits per heavy atom. The molecular formula is C10H15N. The third-order valence-corrected chi connectivity index (χ3v) is 1.40. The zero-order valence-corrected chi connectivity index (χ0v) is 7.46. The third-order valence-electron chi connectivity index (χ3n) is 1.40. The van der Waals surface area contributed by atoms with Crippen LogP contribution in [-0.4, -0.2) is 0 Å². The topological polar surface area (TPSA) is 23.8 Å². The van der Waals surface area contributed by atoms with Crippen LogP contribution in [0.25, 0.3) is 0 Å². The van der Waals surface area contributed by atoms with Crippen molar-refractivity contribution in [2.75, 3.05) is 0 Å². The minimum Gasteiger partial charge on any atom is -0.193 e. The smallest absolute Gasteiger partial charge is 0.0949 e. The van der Waals surface area contributed by atoms with Gasteiger partial charge in [0.05, 0.1) is 6.07 Å². The average molecular weight is 149 g/mol. The van der Waals surface area contributed by atoms with Crippen LogP contribution in [0.4, 0.5) is 0 Å². The van der Waals surface area contributed by atoms with Gasteiger partial charge in [-0.25, -0.2) is 0 Å². The highest BCUT2D eigenvalue weighted by molar-refractivity contribution is 5.26. The van der Waals surface area contributed by atoms with Crippen LogP contribution in [0, 0.1) is 17.2 Å². The predicted molar refractivity (Wildman–Crippen MR) is 48.0 cm³/mol. The van der Waals surface area contributed by atoms with E-state index >= 15 is 0 Å².